The van der Waals surface area contributed by atoms with E-state index >= 15 is 0 Å². The Balaban J connectivity index is 1.91. The molecule has 1 atom stereocenters. The van der Waals surface area contributed by atoms with Gasteiger partial charge in [-0.15, -0.1) is 11.8 Å². The summed E-state index contributed by atoms with van der Waals surface area (Å²) in [7, 11) is 0. The third-order valence-electron chi connectivity index (χ3n) is 5.56. The second kappa shape index (κ2) is 13.6. The lowest BCUT2D eigenvalue weighted by molar-refractivity contribution is -0.139. The zero-order chi connectivity index (χ0) is 25.2. The van der Waals surface area contributed by atoms with Crippen molar-refractivity contribution >= 4 is 46.8 Å². The third kappa shape index (κ3) is 8.31. The first-order chi connectivity index (χ1) is 16.9. The smallest absolute Gasteiger partial charge is 0.243 e. The fourth-order valence-corrected chi connectivity index (χ4v) is 4.87. The van der Waals surface area contributed by atoms with Gasteiger partial charge in [0.25, 0.3) is 0 Å². The molecule has 0 aromatic heterocycles. The lowest BCUT2D eigenvalue weighted by Gasteiger charge is -2.32. The molecule has 0 spiro atoms. The molecule has 0 heterocycles. The fourth-order valence-electron chi connectivity index (χ4n) is 3.62. The van der Waals surface area contributed by atoms with Crippen LogP contribution in [0, 0.1) is 6.92 Å². The number of benzene rings is 3. The lowest BCUT2D eigenvalue weighted by Crippen LogP contribution is -2.51. The number of thioether (sulfide) groups is 1. The molecule has 0 saturated heterocycles. The van der Waals surface area contributed by atoms with Crippen LogP contribution in [-0.4, -0.2) is 35.1 Å². The number of aryl methyl sites for hydroxylation is 1. The molecule has 4 nitrogen and oxygen atoms in total. The average molecular weight is 530 g/mol. The van der Waals surface area contributed by atoms with Crippen LogP contribution in [0.2, 0.25) is 10.0 Å². The highest BCUT2D eigenvalue weighted by Crippen LogP contribution is 2.26. The van der Waals surface area contributed by atoms with Crippen molar-refractivity contribution in [3.63, 3.8) is 0 Å². The molecule has 3 aromatic rings. The second-order valence-electron chi connectivity index (χ2n) is 8.36. The van der Waals surface area contributed by atoms with Gasteiger partial charge >= 0.3 is 0 Å². The van der Waals surface area contributed by atoms with Crippen LogP contribution < -0.4 is 5.32 Å². The standard InChI is InChI=1S/C28H30Cl2N2O2S/c1-3-15-31-28(34)26(16-21-7-5-4-6-8-21)32(18-22-11-12-23(29)17-25(22)30)27(33)19-35-24-13-9-20(2)10-14-24/h4-14,17,26H,3,15-16,18-19H2,1-2H3,(H,31,34)/t26-/m1/s1. The number of hydrogen-bond acceptors (Lipinski definition) is 3. The van der Waals surface area contributed by atoms with Crippen LogP contribution in [0.5, 0.6) is 0 Å². The fraction of sp³-hybridized carbons (Fsp3) is 0.286. The normalized spacial score (nSPS) is 11.7. The van der Waals surface area contributed by atoms with E-state index in [1.165, 1.54) is 11.8 Å². The van der Waals surface area contributed by atoms with Gasteiger partial charge < -0.3 is 10.2 Å². The van der Waals surface area contributed by atoms with Gasteiger partial charge in [0.05, 0.1) is 5.75 Å². The summed E-state index contributed by atoms with van der Waals surface area (Å²) in [6, 6.07) is 22.3. The van der Waals surface area contributed by atoms with Crippen LogP contribution in [0.1, 0.15) is 30.0 Å². The van der Waals surface area contributed by atoms with Gasteiger partial charge in [0.2, 0.25) is 11.8 Å². The van der Waals surface area contributed by atoms with Gasteiger partial charge in [0.1, 0.15) is 6.04 Å². The van der Waals surface area contributed by atoms with E-state index in [1.807, 2.05) is 74.5 Å². The number of hydrogen-bond donors (Lipinski definition) is 1. The molecular weight excluding hydrogens is 499 g/mol. The highest BCUT2D eigenvalue weighted by atomic mass is 35.5. The first kappa shape index (κ1) is 27.1. The molecule has 0 aliphatic heterocycles. The highest BCUT2D eigenvalue weighted by molar-refractivity contribution is 8.00. The van der Waals surface area contributed by atoms with Gasteiger partial charge in [0.15, 0.2) is 0 Å². The Kier molecular flexibility index (Phi) is 10.5. The summed E-state index contributed by atoms with van der Waals surface area (Å²) in [5, 5.41) is 3.97. The van der Waals surface area contributed by atoms with E-state index < -0.39 is 6.04 Å². The monoisotopic (exact) mass is 528 g/mol. The van der Waals surface area contributed by atoms with Crippen molar-refractivity contribution in [2.24, 2.45) is 0 Å². The average Bonchev–Trinajstić information content (AvgIpc) is 2.86. The maximum atomic E-state index is 13.6. The maximum Gasteiger partial charge on any atom is 0.243 e. The lowest BCUT2D eigenvalue weighted by atomic mass is 10.0. The summed E-state index contributed by atoms with van der Waals surface area (Å²) in [6.45, 7) is 4.79. The summed E-state index contributed by atoms with van der Waals surface area (Å²) in [5.41, 5.74) is 2.89. The van der Waals surface area contributed by atoms with Gasteiger partial charge in [-0.3, -0.25) is 9.59 Å². The molecule has 184 valence electrons. The van der Waals surface area contributed by atoms with Crippen molar-refractivity contribution in [1.82, 2.24) is 10.2 Å². The van der Waals surface area contributed by atoms with E-state index in [0.717, 1.165) is 28.0 Å². The molecule has 0 aliphatic rings. The molecule has 3 rings (SSSR count). The Morgan fingerprint density at radius 3 is 2.37 bits per heavy atom. The zero-order valence-corrected chi connectivity index (χ0v) is 22.3. The molecule has 7 heteroatoms. The number of halogens is 2. The molecule has 1 N–H and O–H groups in total. The number of amides is 2. The summed E-state index contributed by atoms with van der Waals surface area (Å²) < 4.78 is 0. The minimum Gasteiger partial charge on any atom is -0.354 e. The maximum absolute atomic E-state index is 13.6. The first-order valence-corrected chi connectivity index (χ1v) is 13.4. The predicted molar refractivity (Wildman–Crippen MR) is 146 cm³/mol. The Morgan fingerprint density at radius 2 is 1.71 bits per heavy atom. The number of carbonyl (C=O) groups excluding carboxylic acids is 2. The van der Waals surface area contributed by atoms with Crippen LogP contribution in [0.15, 0.2) is 77.7 Å². The molecule has 0 radical (unpaired) electrons. The SMILES string of the molecule is CCCNC(=O)[C@@H](Cc1ccccc1)N(Cc1ccc(Cl)cc1Cl)C(=O)CSc1ccc(C)cc1. The Labute approximate surface area is 222 Å². The van der Waals surface area contributed by atoms with Crippen molar-refractivity contribution in [1.29, 1.82) is 0 Å². The molecule has 0 aliphatic carbocycles. The van der Waals surface area contributed by atoms with Gasteiger partial charge in [0, 0.05) is 34.5 Å². The summed E-state index contributed by atoms with van der Waals surface area (Å²) in [5.74, 6) is -0.0932. The number of nitrogens with zero attached hydrogens (tertiary/aromatic N) is 1. The first-order valence-electron chi connectivity index (χ1n) is 11.6. The van der Waals surface area contributed by atoms with Crippen molar-refractivity contribution in [2.45, 2.75) is 44.2 Å². The van der Waals surface area contributed by atoms with Crippen LogP contribution in [0.25, 0.3) is 0 Å². The molecule has 35 heavy (non-hydrogen) atoms. The van der Waals surface area contributed by atoms with Gasteiger partial charge in [-0.1, -0.05) is 84.2 Å². The molecule has 2 amide bonds. The molecular formula is C28H30Cl2N2O2S. The molecule has 3 aromatic carbocycles. The molecule has 0 saturated carbocycles. The van der Waals surface area contributed by atoms with Crippen LogP contribution in [0.3, 0.4) is 0 Å². The number of carbonyl (C=O) groups is 2. The summed E-state index contributed by atoms with van der Waals surface area (Å²) >= 11 is 14.0. The molecule has 0 unspecified atom stereocenters. The van der Waals surface area contributed by atoms with Gasteiger partial charge in [-0.25, -0.2) is 0 Å². The summed E-state index contributed by atoms with van der Waals surface area (Å²) in [4.78, 5) is 29.6. The minimum atomic E-state index is -0.679. The van der Waals surface area contributed by atoms with E-state index in [-0.39, 0.29) is 24.1 Å². The predicted octanol–water partition coefficient (Wildman–Crippen LogP) is 6.56. The van der Waals surface area contributed by atoms with Gasteiger partial charge in [-0.05, 0) is 48.7 Å². The van der Waals surface area contributed by atoms with E-state index in [9.17, 15) is 9.59 Å². The van der Waals surface area contributed by atoms with Crippen LogP contribution in [-0.2, 0) is 22.6 Å². The van der Waals surface area contributed by atoms with E-state index in [0.29, 0.717) is 23.0 Å². The minimum absolute atomic E-state index is 0.130. The van der Waals surface area contributed by atoms with Crippen molar-refractivity contribution in [2.75, 3.05) is 12.3 Å². The van der Waals surface area contributed by atoms with Crippen LogP contribution in [0.4, 0.5) is 0 Å². The van der Waals surface area contributed by atoms with Crippen molar-refractivity contribution < 1.29 is 9.59 Å². The van der Waals surface area contributed by atoms with Crippen LogP contribution >= 0.6 is 35.0 Å². The Hall–Kier alpha value is -2.47. The number of nitrogens with one attached hydrogen (secondary N) is 1. The third-order valence-corrected chi connectivity index (χ3v) is 7.14. The number of rotatable bonds is 11. The zero-order valence-electron chi connectivity index (χ0n) is 20.0. The molecule has 0 bridgehead atoms. The summed E-state index contributed by atoms with van der Waals surface area (Å²) in [6.07, 6.45) is 1.21. The second-order valence-corrected chi connectivity index (χ2v) is 10.2. The van der Waals surface area contributed by atoms with E-state index in [2.05, 4.69) is 5.32 Å². The largest absolute Gasteiger partial charge is 0.354 e. The quantitative estimate of drug-likeness (QED) is 0.286. The van der Waals surface area contributed by atoms with Crippen molar-refractivity contribution in [3.05, 3.63) is 99.5 Å². The highest BCUT2D eigenvalue weighted by Gasteiger charge is 2.30. The van der Waals surface area contributed by atoms with Crippen molar-refractivity contribution in [3.8, 4) is 0 Å². The Morgan fingerprint density at radius 1 is 1.00 bits per heavy atom. The Bertz CT molecular complexity index is 1120. The van der Waals surface area contributed by atoms with E-state index in [1.54, 1.807) is 17.0 Å². The topological polar surface area (TPSA) is 49.4 Å². The molecule has 0 fully saturated rings. The van der Waals surface area contributed by atoms with E-state index in [4.69, 9.17) is 23.2 Å². The van der Waals surface area contributed by atoms with Gasteiger partial charge in [-0.2, -0.15) is 0 Å².